The number of likely N-dealkylation sites (N-methyl/N-ethyl adjacent to an activating group) is 1. The highest BCUT2D eigenvalue weighted by Gasteiger charge is 2.19. The standard InChI is InChI=1S/C18H19FN2O2/c1-21-9-10-23-17(12-21)13-5-7-16(8-6-13)20-18(22)14-3-2-4-15(19)11-14/h2-8,11,17H,9-10,12H2,1H3,(H,20,22). The zero-order chi connectivity index (χ0) is 16.2. The second kappa shape index (κ2) is 6.89. The number of amides is 1. The minimum Gasteiger partial charge on any atom is -0.371 e. The molecular weight excluding hydrogens is 295 g/mol. The largest absolute Gasteiger partial charge is 0.371 e. The van der Waals surface area contributed by atoms with Crippen LogP contribution in [0.15, 0.2) is 48.5 Å². The van der Waals surface area contributed by atoms with Gasteiger partial charge in [0, 0.05) is 24.3 Å². The molecule has 3 rings (SSSR count). The van der Waals surface area contributed by atoms with Crippen LogP contribution in [0.3, 0.4) is 0 Å². The summed E-state index contributed by atoms with van der Waals surface area (Å²) in [4.78, 5) is 14.3. The molecular formula is C18H19FN2O2. The van der Waals surface area contributed by atoms with Crippen LogP contribution in [0, 0.1) is 5.82 Å². The Morgan fingerprint density at radius 1 is 1.26 bits per heavy atom. The van der Waals surface area contributed by atoms with Crippen molar-refractivity contribution in [3.05, 3.63) is 65.5 Å². The van der Waals surface area contributed by atoms with Crippen LogP contribution in [0.1, 0.15) is 22.0 Å². The fraction of sp³-hybridized carbons (Fsp3) is 0.278. The minimum absolute atomic E-state index is 0.0571. The molecule has 0 radical (unpaired) electrons. The van der Waals surface area contributed by atoms with Crippen molar-refractivity contribution >= 4 is 11.6 Å². The van der Waals surface area contributed by atoms with Gasteiger partial charge in [0.25, 0.3) is 5.91 Å². The van der Waals surface area contributed by atoms with E-state index in [9.17, 15) is 9.18 Å². The summed E-state index contributed by atoms with van der Waals surface area (Å²) in [6, 6.07) is 13.2. The fourth-order valence-corrected chi connectivity index (χ4v) is 2.59. The topological polar surface area (TPSA) is 41.6 Å². The smallest absolute Gasteiger partial charge is 0.255 e. The van der Waals surface area contributed by atoms with Gasteiger partial charge >= 0.3 is 0 Å². The van der Waals surface area contributed by atoms with E-state index in [1.165, 1.54) is 18.2 Å². The number of benzene rings is 2. The summed E-state index contributed by atoms with van der Waals surface area (Å²) in [5.41, 5.74) is 2.05. The van der Waals surface area contributed by atoms with Gasteiger partial charge in [-0.25, -0.2) is 4.39 Å². The summed E-state index contributed by atoms with van der Waals surface area (Å²) in [5, 5.41) is 2.77. The third-order valence-electron chi connectivity index (χ3n) is 3.90. The highest BCUT2D eigenvalue weighted by molar-refractivity contribution is 6.04. The Morgan fingerprint density at radius 2 is 2.04 bits per heavy atom. The first-order valence-electron chi connectivity index (χ1n) is 7.59. The molecule has 1 aliphatic rings. The zero-order valence-electron chi connectivity index (χ0n) is 13.0. The van der Waals surface area contributed by atoms with Gasteiger partial charge in [-0.05, 0) is 42.9 Å². The molecule has 0 spiro atoms. The van der Waals surface area contributed by atoms with Crippen LogP contribution in [-0.2, 0) is 4.74 Å². The molecule has 1 heterocycles. The quantitative estimate of drug-likeness (QED) is 0.946. The molecule has 1 N–H and O–H groups in total. The fourth-order valence-electron chi connectivity index (χ4n) is 2.59. The number of anilines is 1. The third kappa shape index (κ3) is 3.94. The van der Waals surface area contributed by atoms with E-state index in [0.29, 0.717) is 11.3 Å². The van der Waals surface area contributed by atoms with E-state index < -0.39 is 5.82 Å². The van der Waals surface area contributed by atoms with Crippen molar-refractivity contribution in [1.29, 1.82) is 0 Å². The van der Waals surface area contributed by atoms with Gasteiger partial charge in [-0.15, -0.1) is 0 Å². The van der Waals surface area contributed by atoms with Crippen molar-refractivity contribution in [1.82, 2.24) is 4.90 Å². The normalized spacial score (nSPS) is 18.6. The molecule has 0 saturated carbocycles. The van der Waals surface area contributed by atoms with E-state index in [1.54, 1.807) is 6.07 Å². The highest BCUT2D eigenvalue weighted by atomic mass is 19.1. The number of nitrogens with one attached hydrogen (secondary N) is 1. The first-order valence-corrected chi connectivity index (χ1v) is 7.59. The Hall–Kier alpha value is -2.24. The van der Waals surface area contributed by atoms with Gasteiger partial charge < -0.3 is 15.0 Å². The van der Waals surface area contributed by atoms with Gasteiger partial charge in [0.05, 0.1) is 12.7 Å². The Balaban J connectivity index is 1.66. The van der Waals surface area contributed by atoms with Crippen molar-refractivity contribution in [3.8, 4) is 0 Å². The lowest BCUT2D eigenvalue weighted by Crippen LogP contribution is -2.35. The maximum Gasteiger partial charge on any atom is 0.255 e. The van der Waals surface area contributed by atoms with E-state index in [-0.39, 0.29) is 12.0 Å². The van der Waals surface area contributed by atoms with Crippen LogP contribution in [0.5, 0.6) is 0 Å². The SMILES string of the molecule is CN1CCOC(c2ccc(NC(=O)c3cccc(F)c3)cc2)C1. The van der Waals surface area contributed by atoms with Crippen molar-refractivity contribution in [2.45, 2.75) is 6.10 Å². The summed E-state index contributed by atoms with van der Waals surface area (Å²) in [6.07, 6.45) is 0.0571. The molecule has 1 fully saturated rings. The van der Waals surface area contributed by atoms with Crippen LogP contribution >= 0.6 is 0 Å². The van der Waals surface area contributed by atoms with Crippen molar-refractivity contribution < 1.29 is 13.9 Å². The van der Waals surface area contributed by atoms with Gasteiger partial charge in [0.2, 0.25) is 0 Å². The minimum atomic E-state index is -0.424. The predicted molar refractivity (Wildman–Crippen MR) is 87.0 cm³/mol. The lowest BCUT2D eigenvalue weighted by atomic mass is 10.1. The Labute approximate surface area is 134 Å². The molecule has 1 amide bonds. The van der Waals surface area contributed by atoms with Gasteiger partial charge in [-0.2, -0.15) is 0 Å². The average molecular weight is 314 g/mol. The number of carbonyl (C=O) groups excluding carboxylic acids is 1. The van der Waals surface area contributed by atoms with E-state index >= 15 is 0 Å². The zero-order valence-corrected chi connectivity index (χ0v) is 13.0. The molecule has 2 aromatic rings. The van der Waals surface area contributed by atoms with E-state index in [1.807, 2.05) is 24.3 Å². The molecule has 120 valence electrons. The number of ether oxygens (including phenoxy) is 1. The van der Waals surface area contributed by atoms with Crippen LogP contribution in [-0.4, -0.2) is 37.6 Å². The number of rotatable bonds is 3. The molecule has 0 aliphatic carbocycles. The lowest BCUT2D eigenvalue weighted by molar-refractivity contribution is -0.0208. The van der Waals surface area contributed by atoms with Crippen molar-refractivity contribution in [3.63, 3.8) is 0 Å². The third-order valence-corrected chi connectivity index (χ3v) is 3.90. The number of hydrogen-bond donors (Lipinski definition) is 1. The van der Waals surface area contributed by atoms with E-state index in [2.05, 4.69) is 17.3 Å². The molecule has 0 aromatic heterocycles. The summed E-state index contributed by atoms with van der Waals surface area (Å²) < 4.78 is 18.9. The molecule has 4 nitrogen and oxygen atoms in total. The maximum atomic E-state index is 13.2. The molecule has 1 aliphatic heterocycles. The number of carbonyl (C=O) groups is 1. The van der Waals surface area contributed by atoms with Crippen molar-refractivity contribution in [2.24, 2.45) is 0 Å². The van der Waals surface area contributed by atoms with Gasteiger partial charge in [0.1, 0.15) is 5.82 Å². The number of halogens is 1. The summed E-state index contributed by atoms with van der Waals surface area (Å²) in [5.74, 6) is -0.752. The van der Waals surface area contributed by atoms with Gasteiger partial charge in [-0.1, -0.05) is 18.2 Å². The first kappa shape index (κ1) is 15.6. The van der Waals surface area contributed by atoms with Gasteiger partial charge in [-0.3, -0.25) is 4.79 Å². The lowest BCUT2D eigenvalue weighted by Gasteiger charge is -2.30. The molecule has 1 unspecified atom stereocenters. The average Bonchev–Trinajstić information content (AvgIpc) is 2.55. The monoisotopic (exact) mass is 314 g/mol. The summed E-state index contributed by atoms with van der Waals surface area (Å²) in [6.45, 7) is 2.52. The molecule has 0 bridgehead atoms. The van der Waals surface area contributed by atoms with E-state index in [4.69, 9.17) is 4.74 Å². The number of hydrogen-bond acceptors (Lipinski definition) is 3. The van der Waals surface area contributed by atoms with Crippen LogP contribution < -0.4 is 5.32 Å². The molecule has 1 saturated heterocycles. The molecule has 2 aromatic carbocycles. The Kier molecular flexibility index (Phi) is 4.69. The van der Waals surface area contributed by atoms with Crippen LogP contribution in [0.4, 0.5) is 10.1 Å². The number of nitrogens with zero attached hydrogens (tertiary/aromatic N) is 1. The molecule has 5 heteroatoms. The van der Waals surface area contributed by atoms with Crippen molar-refractivity contribution in [2.75, 3.05) is 32.1 Å². The summed E-state index contributed by atoms with van der Waals surface area (Å²) in [7, 11) is 2.07. The van der Waals surface area contributed by atoms with Crippen LogP contribution in [0.25, 0.3) is 0 Å². The second-order valence-corrected chi connectivity index (χ2v) is 5.71. The number of morpholine rings is 1. The van der Waals surface area contributed by atoms with Gasteiger partial charge in [0.15, 0.2) is 0 Å². The Morgan fingerprint density at radius 3 is 2.74 bits per heavy atom. The molecule has 1 atom stereocenters. The van der Waals surface area contributed by atoms with Crippen LogP contribution in [0.2, 0.25) is 0 Å². The predicted octanol–water partition coefficient (Wildman–Crippen LogP) is 3.08. The molecule has 23 heavy (non-hydrogen) atoms. The second-order valence-electron chi connectivity index (χ2n) is 5.71. The maximum absolute atomic E-state index is 13.2. The summed E-state index contributed by atoms with van der Waals surface area (Å²) >= 11 is 0. The Bertz CT molecular complexity index is 688. The first-order chi connectivity index (χ1) is 11.1. The highest BCUT2D eigenvalue weighted by Crippen LogP contribution is 2.23. The van der Waals surface area contributed by atoms with E-state index in [0.717, 1.165) is 25.3 Å².